The maximum absolute atomic E-state index is 14.2. The second kappa shape index (κ2) is 8.51. The van der Waals surface area contributed by atoms with Crippen molar-refractivity contribution >= 4 is 28.3 Å². The van der Waals surface area contributed by atoms with E-state index in [0.717, 1.165) is 16.3 Å². The highest BCUT2D eigenvalue weighted by Gasteiger charge is 2.36. The zero-order chi connectivity index (χ0) is 22.8. The Morgan fingerprint density at radius 3 is 2.58 bits per heavy atom. The topological polar surface area (TPSA) is 91.8 Å². The van der Waals surface area contributed by atoms with Crippen LogP contribution in [0.4, 0.5) is 20.4 Å². The molecule has 4 aromatic rings. The number of benzene rings is 2. The van der Waals surface area contributed by atoms with E-state index in [4.69, 9.17) is 0 Å². The molecule has 0 radical (unpaired) electrons. The smallest absolute Gasteiger partial charge is 0.256 e. The molecular formula is C24H20F2N6O. The van der Waals surface area contributed by atoms with Gasteiger partial charge in [0.2, 0.25) is 0 Å². The highest BCUT2D eigenvalue weighted by Crippen LogP contribution is 2.25. The highest BCUT2D eigenvalue weighted by atomic mass is 19.1. The number of amides is 1. The van der Waals surface area contributed by atoms with Crippen LogP contribution in [0, 0.1) is 5.82 Å². The molecule has 33 heavy (non-hydrogen) atoms. The van der Waals surface area contributed by atoms with Crippen molar-refractivity contribution < 1.29 is 13.6 Å². The van der Waals surface area contributed by atoms with E-state index in [2.05, 4.69) is 30.9 Å². The van der Waals surface area contributed by atoms with Crippen LogP contribution in [0.3, 0.4) is 0 Å². The van der Waals surface area contributed by atoms with Crippen LogP contribution in [0.25, 0.3) is 22.0 Å². The molecule has 5 rings (SSSR count). The van der Waals surface area contributed by atoms with Crippen LogP contribution in [0.2, 0.25) is 0 Å². The van der Waals surface area contributed by atoms with Crippen molar-refractivity contribution in [3.05, 3.63) is 78.5 Å². The average molecular weight is 446 g/mol. The van der Waals surface area contributed by atoms with Gasteiger partial charge in [-0.2, -0.15) is 0 Å². The van der Waals surface area contributed by atoms with Crippen molar-refractivity contribution in [1.82, 2.24) is 20.3 Å². The minimum absolute atomic E-state index is 0.165. The molecule has 3 N–H and O–H groups in total. The fraction of sp³-hybridized carbons (Fsp3) is 0.167. The summed E-state index contributed by atoms with van der Waals surface area (Å²) in [5.41, 5.74) is 0.526. The summed E-state index contributed by atoms with van der Waals surface area (Å²) in [5, 5.41) is 10.4. The zero-order valence-corrected chi connectivity index (χ0v) is 17.5. The largest absolute Gasteiger partial charge is 0.365 e. The fourth-order valence-electron chi connectivity index (χ4n) is 3.52. The molecule has 3 heterocycles. The molecule has 0 aliphatic carbocycles. The van der Waals surface area contributed by atoms with Gasteiger partial charge >= 0.3 is 0 Å². The lowest BCUT2D eigenvalue weighted by atomic mass is 10.00. The van der Waals surface area contributed by atoms with Gasteiger partial charge in [-0.25, -0.2) is 18.7 Å². The fourth-order valence-corrected chi connectivity index (χ4v) is 3.52. The second-order valence-electron chi connectivity index (χ2n) is 7.99. The van der Waals surface area contributed by atoms with E-state index >= 15 is 0 Å². The average Bonchev–Trinajstić information content (AvgIpc) is 2.81. The lowest BCUT2D eigenvalue weighted by Crippen LogP contribution is -2.59. The summed E-state index contributed by atoms with van der Waals surface area (Å²) in [6.45, 7) is 0.816. The molecular weight excluding hydrogens is 426 g/mol. The number of hydrogen-bond acceptors (Lipinski definition) is 6. The van der Waals surface area contributed by atoms with Crippen molar-refractivity contribution in [1.29, 1.82) is 0 Å². The van der Waals surface area contributed by atoms with Gasteiger partial charge in [0.1, 0.15) is 17.5 Å². The molecule has 9 heteroatoms. The Labute approximate surface area is 188 Å². The molecule has 0 saturated carbocycles. The number of carbonyl (C=O) groups excluding carboxylic acids is 1. The van der Waals surface area contributed by atoms with Gasteiger partial charge in [0.15, 0.2) is 5.67 Å². The normalized spacial score (nSPS) is 14.5. The van der Waals surface area contributed by atoms with Crippen LogP contribution in [0.5, 0.6) is 0 Å². The molecule has 1 aliphatic heterocycles. The molecule has 7 nitrogen and oxygen atoms in total. The Balaban J connectivity index is 1.36. The molecule has 2 aromatic heterocycles. The summed E-state index contributed by atoms with van der Waals surface area (Å²) in [4.78, 5) is 25.5. The number of aromatic nitrogens is 3. The third-order valence-corrected chi connectivity index (χ3v) is 5.47. The van der Waals surface area contributed by atoms with Crippen molar-refractivity contribution in [2.45, 2.75) is 5.67 Å². The Hall–Kier alpha value is -3.98. The zero-order valence-electron chi connectivity index (χ0n) is 17.5. The quantitative estimate of drug-likeness (QED) is 0.417. The van der Waals surface area contributed by atoms with Crippen LogP contribution < -0.4 is 16.0 Å². The maximum atomic E-state index is 14.2. The lowest BCUT2D eigenvalue weighted by Gasteiger charge is -2.35. The van der Waals surface area contributed by atoms with E-state index in [1.54, 1.807) is 24.7 Å². The van der Waals surface area contributed by atoms with Gasteiger partial charge < -0.3 is 16.0 Å². The van der Waals surface area contributed by atoms with Crippen LogP contribution in [-0.2, 0) is 0 Å². The SMILES string of the molecule is O=C(Nc1cc2cc(-c3cncc(NCC4(F)CNC4)n3)ccc2cn1)c1ccc(F)cc1. The molecule has 1 saturated heterocycles. The van der Waals surface area contributed by atoms with Gasteiger partial charge in [0.25, 0.3) is 5.91 Å². The summed E-state index contributed by atoms with van der Waals surface area (Å²) >= 11 is 0. The van der Waals surface area contributed by atoms with E-state index in [9.17, 15) is 13.6 Å². The molecule has 1 amide bonds. The van der Waals surface area contributed by atoms with E-state index < -0.39 is 11.5 Å². The summed E-state index contributed by atoms with van der Waals surface area (Å²) in [7, 11) is 0. The van der Waals surface area contributed by atoms with Gasteiger partial charge in [0, 0.05) is 35.8 Å². The molecule has 1 fully saturated rings. The third-order valence-electron chi connectivity index (χ3n) is 5.47. The van der Waals surface area contributed by atoms with Gasteiger partial charge in [-0.3, -0.25) is 9.78 Å². The van der Waals surface area contributed by atoms with Gasteiger partial charge in [-0.15, -0.1) is 0 Å². The van der Waals surface area contributed by atoms with Crippen LogP contribution in [0.1, 0.15) is 10.4 Å². The number of nitrogens with one attached hydrogen (secondary N) is 3. The van der Waals surface area contributed by atoms with Crippen LogP contribution in [-0.4, -0.2) is 46.2 Å². The Bertz CT molecular complexity index is 1320. The monoisotopic (exact) mass is 446 g/mol. The molecule has 166 valence electrons. The predicted molar refractivity (Wildman–Crippen MR) is 122 cm³/mol. The lowest BCUT2D eigenvalue weighted by molar-refractivity contribution is 0.102. The third kappa shape index (κ3) is 4.63. The van der Waals surface area contributed by atoms with Crippen molar-refractivity contribution in [2.24, 2.45) is 0 Å². The number of halogens is 2. The first-order valence-corrected chi connectivity index (χ1v) is 10.4. The highest BCUT2D eigenvalue weighted by molar-refractivity contribution is 6.04. The van der Waals surface area contributed by atoms with Crippen molar-refractivity contribution in [2.75, 3.05) is 30.3 Å². The number of fused-ring (bicyclic) bond motifs is 1. The van der Waals surface area contributed by atoms with Gasteiger partial charge in [-0.1, -0.05) is 12.1 Å². The van der Waals surface area contributed by atoms with E-state index in [1.807, 2.05) is 18.2 Å². The van der Waals surface area contributed by atoms with Crippen LogP contribution in [0.15, 0.2) is 67.1 Å². The Morgan fingerprint density at radius 2 is 1.82 bits per heavy atom. The van der Waals surface area contributed by atoms with E-state index in [1.165, 1.54) is 24.3 Å². The van der Waals surface area contributed by atoms with Crippen molar-refractivity contribution in [3.8, 4) is 11.3 Å². The second-order valence-corrected chi connectivity index (χ2v) is 7.99. The Kier molecular flexibility index (Phi) is 5.39. The first-order chi connectivity index (χ1) is 16.0. The standard InChI is InChI=1S/C24H20F2N6O/c25-19-5-3-15(4-6-19)23(33)32-21-8-18-7-16(1-2-17(18)9-29-21)20-10-27-11-22(31-20)30-14-24(26)12-28-13-24/h1-11,28H,12-14H2,(H,30,31)(H,29,32,33). The minimum atomic E-state index is -1.26. The van der Waals surface area contributed by atoms with Gasteiger partial charge in [0.05, 0.1) is 24.6 Å². The van der Waals surface area contributed by atoms with E-state index in [-0.39, 0.29) is 12.5 Å². The molecule has 1 aliphatic rings. The molecule has 0 spiro atoms. The number of carbonyl (C=O) groups is 1. The Morgan fingerprint density at radius 1 is 1.00 bits per heavy atom. The molecule has 2 aromatic carbocycles. The number of alkyl halides is 1. The molecule has 0 bridgehead atoms. The number of rotatable bonds is 6. The molecule has 0 unspecified atom stereocenters. The maximum Gasteiger partial charge on any atom is 0.256 e. The number of hydrogen-bond donors (Lipinski definition) is 3. The van der Waals surface area contributed by atoms with E-state index in [0.29, 0.717) is 36.0 Å². The number of nitrogens with zero attached hydrogens (tertiary/aromatic N) is 3. The minimum Gasteiger partial charge on any atom is -0.365 e. The summed E-state index contributed by atoms with van der Waals surface area (Å²) in [5.74, 6) is 0.0841. The molecule has 0 atom stereocenters. The number of pyridine rings is 1. The summed E-state index contributed by atoms with van der Waals surface area (Å²) in [6.07, 6.45) is 4.87. The first-order valence-electron chi connectivity index (χ1n) is 10.4. The summed E-state index contributed by atoms with van der Waals surface area (Å²) in [6, 6.07) is 12.8. The van der Waals surface area contributed by atoms with Gasteiger partial charge in [-0.05, 0) is 41.8 Å². The van der Waals surface area contributed by atoms with Crippen molar-refractivity contribution in [3.63, 3.8) is 0 Å². The predicted octanol–water partition coefficient (Wildman–Crippen LogP) is 3.81. The first kappa shape index (κ1) is 20.9. The summed E-state index contributed by atoms with van der Waals surface area (Å²) < 4.78 is 27.3. The number of anilines is 2. The van der Waals surface area contributed by atoms with Crippen LogP contribution >= 0.6 is 0 Å².